The second kappa shape index (κ2) is 4.53. The molecular formula is C13H22N2O3. The molecule has 0 radical (unpaired) electrons. The molecule has 5 nitrogen and oxygen atoms in total. The lowest BCUT2D eigenvalue weighted by molar-refractivity contribution is -0.157. The van der Waals surface area contributed by atoms with E-state index in [0.717, 1.165) is 6.42 Å². The molecule has 18 heavy (non-hydrogen) atoms. The maximum absolute atomic E-state index is 12.6. The summed E-state index contributed by atoms with van der Waals surface area (Å²) in [7, 11) is 0. The Hall–Kier alpha value is -1.10. The highest BCUT2D eigenvalue weighted by molar-refractivity contribution is 5.97. The van der Waals surface area contributed by atoms with Gasteiger partial charge in [0.2, 0.25) is 11.8 Å². The number of nitrogens with zero attached hydrogens (tertiary/aromatic N) is 1. The molecule has 0 aliphatic carbocycles. The van der Waals surface area contributed by atoms with Crippen LogP contribution in [0, 0.1) is 5.92 Å². The molecule has 2 aliphatic heterocycles. The van der Waals surface area contributed by atoms with Crippen LogP contribution in [0.2, 0.25) is 0 Å². The van der Waals surface area contributed by atoms with E-state index in [9.17, 15) is 9.59 Å². The number of nitrogens with one attached hydrogen (secondary N) is 1. The van der Waals surface area contributed by atoms with Gasteiger partial charge in [0.25, 0.3) is 0 Å². The van der Waals surface area contributed by atoms with E-state index in [1.54, 1.807) is 11.8 Å². The molecule has 5 heteroatoms. The van der Waals surface area contributed by atoms with E-state index < -0.39 is 12.1 Å². The van der Waals surface area contributed by atoms with Crippen molar-refractivity contribution in [2.75, 3.05) is 13.2 Å². The van der Waals surface area contributed by atoms with Crippen molar-refractivity contribution in [2.45, 2.75) is 51.7 Å². The molecule has 2 fully saturated rings. The van der Waals surface area contributed by atoms with E-state index >= 15 is 0 Å². The molecule has 2 rings (SSSR count). The van der Waals surface area contributed by atoms with Crippen LogP contribution in [0.3, 0.4) is 0 Å². The summed E-state index contributed by atoms with van der Waals surface area (Å²) in [4.78, 5) is 26.3. The lowest BCUT2D eigenvalue weighted by Crippen LogP contribution is -2.69. The highest BCUT2D eigenvalue weighted by Gasteiger charge is 2.49. The first-order valence-corrected chi connectivity index (χ1v) is 6.58. The zero-order valence-electron chi connectivity index (χ0n) is 11.5. The van der Waals surface area contributed by atoms with Gasteiger partial charge in [0.05, 0.1) is 12.1 Å². The average molecular weight is 254 g/mol. The van der Waals surface area contributed by atoms with E-state index in [1.807, 2.05) is 20.8 Å². The molecule has 0 saturated carbocycles. The molecule has 3 unspecified atom stereocenters. The largest absolute Gasteiger partial charge is 0.379 e. The molecular weight excluding hydrogens is 232 g/mol. The predicted octanol–water partition coefficient (Wildman–Crippen LogP) is 0.537. The SMILES string of the molecule is CC(C)C1NC(=O)C(C)N(C2(C)CCOC2)C1=O. The molecule has 102 valence electrons. The second-order valence-electron chi connectivity index (χ2n) is 5.91. The summed E-state index contributed by atoms with van der Waals surface area (Å²) in [6.07, 6.45) is 0.793. The summed E-state index contributed by atoms with van der Waals surface area (Å²) in [5, 5.41) is 2.82. The minimum atomic E-state index is -0.417. The van der Waals surface area contributed by atoms with Gasteiger partial charge < -0.3 is 15.0 Å². The molecule has 0 spiro atoms. The Morgan fingerprint density at radius 1 is 1.44 bits per heavy atom. The Balaban J connectivity index is 2.30. The Morgan fingerprint density at radius 2 is 2.11 bits per heavy atom. The number of amides is 2. The van der Waals surface area contributed by atoms with Gasteiger partial charge in [-0.3, -0.25) is 9.59 Å². The minimum Gasteiger partial charge on any atom is -0.379 e. The fourth-order valence-electron chi connectivity index (χ4n) is 2.83. The van der Waals surface area contributed by atoms with E-state index in [4.69, 9.17) is 4.74 Å². The number of hydrogen-bond donors (Lipinski definition) is 1. The number of ether oxygens (including phenoxy) is 1. The van der Waals surface area contributed by atoms with Crippen molar-refractivity contribution >= 4 is 11.8 Å². The van der Waals surface area contributed by atoms with E-state index in [0.29, 0.717) is 13.2 Å². The number of hydrogen-bond acceptors (Lipinski definition) is 3. The van der Waals surface area contributed by atoms with Crippen LogP contribution in [-0.2, 0) is 14.3 Å². The first-order chi connectivity index (χ1) is 8.37. The van der Waals surface area contributed by atoms with Gasteiger partial charge in [-0.25, -0.2) is 0 Å². The standard InChI is InChI=1S/C13H22N2O3/c1-8(2)10-12(17)15(9(3)11(16)14-10)13(4)5-6-18-7-13/h8-10H,5-7H2,1-4H3,(H,14,16). The van der Waals surface area contributed by atoms with Crippen LogP contribution in [-0.4, -0.2) is 47.6 Å². The normalized spacial score (nSPS) is 37.3. The molecule has 2 saturated heterocycles. The van der Waals surface area contributed by atoms with Gasteiger partial charge >= 0.3 is 0 Å². The maximum Gasteiger partial charge on any atom is 0.246 e. The van der Waals surface area contributed by atoms with Crippen molar-refractivity contribution in [1.29, 1.82) is 0 Å². The Bertz CT molecular complexity index is 361. The summed E-state index contributed by atoms with van der Waals surface area (Å²) in [5.74, 6) is 0.0499. The van der Waals surface area contributed by atoms with Crippen LogP contribution < -0.4 is 5.32 Å². The maximum atomic E-state index is 12.6. The molecule has 0 aromatic carbocycles. The molecule has 2 amide bonds. The third kappa shape index (κ3) is 2.00. The van der Waals surface area contributed by atoms with Crippen LogP contribution in [0.5, 0.6) is 0 Å². The van der Waals surface area contributed by atoms with Gasteiger partial charge in [0.1, 0.15) is 12.1 Å². The lowest BCUT2D eigenvalue weighted by atomic mass is 9.90. The highest BCUT2D eigenvalue weighted by atomic mass is 16.5. The Kier molecular flexibility index (Phi) is 3.36. The topological polar surface area (TPSA) is 58.6 Å². The van der Waals surface area contributed by atoms with E-state index in [-0.39, 0.29) is 23.3 Å². The van der Waals surface area contributed by atoms with Crippen LogP contribution >= 0.6 is 0 Å². The zero-order valence-corrected chi connectivity index (χ0v) is 11.5. The van der Waals surface area contributed by atoms with Gasteiger partial charge in [-0.1, -0.05) is 13.8 Å². The average Bonchev–Trinajstić information content (AvgIpc) is 2.71. The summed E-state index contributed by atoms with van der Waals surface area (Å²) in [5.41, 5.74) is -0.346. The van der Waals surface area contributed by atoms with Crippen molar-refractivity contribution in [1.82, 2.24) is 10.2 Å². The molecule has 3 atom stereocenters. The van der Waals surface area contributed by atoms with E-state index in [2.05, 4.69) is 5.32 Å². The third-order valence-electron chi connectivity index (χ3n) is 4.01. The number of carbonyl (C=O) groups excluding carboxylic acids is 2. The first-order valence-electron chi connectivity index (χ1n) is 6.58. The van der Waals surface area contributed by atoms with Crippen LogP contribution in [0.15, 0.2) is 0 Å². The molecule has 0 bridgehead atoms. The number of rotatable bonds is 2. The molecule has 2 heterocycles. The van der Waals surface area contributed by atoms with Crippen molar-refractivity contribution in [3.05, 3.63) is 0 Å². The minimum absolute atomic E-state index is 0.0186. The monoisotopic (exact) mass is 254 g/mol. The smallest absolute Gasteiger partial charge is 0.246 e. The molecule has 0 aromatic rings. The quantitative estimate of drug-likeness (QED) is 0.782. The summed E-state index contributed by atoms with van der Waals surface area (Å²) < 4.78 is 5.42. The third-order valence-corrected chi connectivity index (χ3v) is 4.01. The molecule has 0 aromatic heterocycles. The predicted molar refractivity (Wildman–Crippen MR) is 66.9 cm³/mol. The van der Waals surface area contributed by atoms with Gasteiger partial charge in [-0.15, -0.1) is 0 Å². The van der Waals surface area contributed by atoms with Gasteiger partial charge in [-0.05, 0) is 26.2 Å². The number of carbonyl (C=O) groups is 2. The molecule has 1 N–H and O–H groups in total. The molecule has 2 aliphatic rings. The van der Waals surface area contributed by atoms with Crippen molar-refractivity contribution < 1.29 is 14.3 Å². The summed E-state index contributed by atoms with van der Waals surface area (Å²) >= 11 is 0. The lowest BCUT2D eigenvalue weighted by Gasteiger charge is -2.46. The van der Waals surface area contributed by atoms with Gasteiger partial charge in [-0.2, -0.15) is 0 Å². The fraction of sp³-hybridized carbons (Fsp3) is 0.846. The van der Waals surface area contributed by atoms with Crippen molar-refractivity contribution in [2.24, 2.45) is 5.92 Å². The van der Waals surface area contributed by atoms with E-state index in [1.165, 1.54) is 0 Å². The van der Waals surface area contributed by atoms with Crippen LogP contribution in [0.4, 0.5) is 0 Å². The first kappa shape index (κ1) is 13.3. The van der Waals surface area contributed by atoms with Gasteiger partial charge in [0, 0.05) is 6.61 Å². The Labute approximate surface area is 108 Å². The fourth-order valence-corrected chi connectivity index (χ4v) is 2.83. The summed E-state index contributed by atoms with van der Waals surface area (Å²) in [6.45, 7) is 8.86. The number of piperazine rings is 1. The zero-order chi connectivity index (χ0) is 13.5. The highest BCUT2D eigenvalue weighted by Crippen LogP contribution is 2.31. The van der Waals surface area contributed by atoms with Crippen LogP contribution in [0.1, 0.15) is 34.1 Å². The van der Waals surface area contributed by atoms with Gasteiger partial charge in [0.15, 0.2) is 0 Å². The van der Waals surface area contributed by atoms with Crippen molar-refractivity contribution in [3.63, 3.8) is 0 Å². The van der Waals surface area contributed by atoms with Crippen molar-refractivity contribution in [3.8, 4) is 0 Å². The summed E-state index contributed by atoms with van der Waals surface area (Å²) in [6, 6.07) is -0.828. The second-order valence-corrected chi connectivity index (χ2v) is 5.91. The van der Waals surface area contributed by atoms with Crippen LogP contribution in [0.25, 0.3) is 0 Å². The Morgan fingerprint density at radius 3 is 2.61 bits per heavy atom.